The number of carbonyl (C=O) groups is 2. The van der Waals surface area contributed by atoms with E-state index in [0.717, 1.165) is 29.0 Å². The summed E-state index contributed by atoms with van der Waals surface area (Å²) < 4.78 is 36.8. The number of benzene rings is 1. The van der Waals surface area contributed by atoms with Crippen LogP contribution in [0.4, 0.5) is 14.5 Å². The molecule has 46 heavy (non-hydrogen) atoms. The van der Waals surface area contributed by atoms with E-state index < -0.39 is 17.9 Å². The number of aryl methyl sites for hydroxylation is 1. The molecule has 1 aliphatic carbocycles. The summed E-state index contributed by atoms with van der Waals surface area (Å²) in [6.45, 7) is 3.66. The molecule has 4 aromatic heterocycles. The number of amides is 2. The number of primary amides is 1. The average Bonchev–Trinajstić information content (AvgIpc) is 3.74. The third-order valence-corrected chi connectivity index (χ3v) is 8.58. The number of aromatic nitrogens is 5. The number of fused-ring (bicyclic) bond motifs is 2. The van der Waals surface area contributed by atoms with Gasteiger partial charge < -0.3 is 10.5 Å². The molecule has 7 rings (SSSR count). The summed E-state index contributed by atoms with van der Waals surface area (Å²) in [6, 6.07) is 11.2. The maximum atomic E-state index is 15.0. The molecule has 0 bridgehead atoms. The van der Waals surface area contributed by atoms with Crippen molar-refractivity contribution in [3.8, 4) is 16.9 Å². The Morgan fingerprint density at radius 2 is 1.93 bits per heavy atom. The van der Waals surface area contributed by atoms with E-state index in [1.54, 1.807) is 35.3 Å². The van der Waals surface area contributed by atoms with E-state index in [0.29, 0.717) is 50.9 Å². The first-order valence-electron chi connectivity index (χ1n) is 14.8. The highest BCUT2D eigenvalue weighted by molar-refractivity contribution is 6.30. The van der Waals surface area contributed by atoms with E-state index in [-0.39, 0.29) is 29.6 Å². The van der Waals surface area contributed by atoms with Gasteiger partial charge in [0.15, 0.2) is 11.4 Å². The van der Waals surface area contributed by atoms with Gasteiger partial charge >= 0.3 is 12.0 Å². The molecular weight excluding hydrogens is 616 g/mol. The minimum Gasteiger partial charge on any atom is -0.423 e. The maximum absolute atomic E-state index is 15.0. The minimum atomic E-state index is -4.14. The second-order valence-electron chi connectivity index (χ2n) is 11.7. The molecule has 2 N–H and O–H groups in total. The molecule has 5 heterocycles. The molecule has 5 aromatic rings. The quantitative estimate of drug-likeness (QED) is 0.219. The van der Waals surface area contributed by atoms with Gasteiger partial charge in [0.2, 0.25) is 0 Å². The standard InChI is InChI=1S/C33H28ClF2N7O3/c1-17-3-9-24(39-13-17)18(2)43-31-23(15-40-43)28(29(30(37)44)25(41-31)11-19-4-5-19)20-6-10-26-27(12-20)46-33(35,36)32(45)42(26)16-22-8-7-21(34)14-38-22/h3,6-10,12-15,18-19H,4-5,11,16H2,1-2H3,(H2,37,44)/t18-/m0/s1. The zero-order valence-electron chi connectivity index (χ0n) is 24.9. The topological polar surface area (TPSA) is 129 Å². The number of hydrogen-bond acceptors (Lipinski definition) is 7. The molecular formula is C33H28ClF2N7O3. The van der Waals surface area contributed by atoms with Crippen molar-refractivity contribution in [3.05, 3.63) is 94.3 Å². The normalized spacial score (nSPS) is 16.3. The first-order chi connectivity index (χ1) is 22.0. The van der Waals surface area contributed by atoms with Gasteiger partial charge in [0, 0.05) is 23.3 Å². The van der Waals surface area contributed by atoms with Crippen LogP contribution >= 0.6 is 11.6 Å². The summed E-state index contributed by atoms with van der Waals surface area (Å²) in [5.41, 5.74) is 10.2. The number of nitrogens with zero attached hydrogens (tertiary/aromatic N) is 6. The van der Waals surface area contributed by atoms with Gasteiger partial charge in [-0.1, -0.05) is 23.7 Å². The first-order valence-corrected chi connectivity index (χ1v) is 15.1. The van der Waals surface area contributed by atoms with Gasteiger partial charge in [-0.3, -0.25) is 24.5 Å². The zero-order valence-corrected chi connectivity index (χ0v) is 25.6. The number of alkyl halides is 2. The van der Waals surface area contributed by atoms with Gasteiger partial charge in [-0.05, 0) is 80.5 Å². The molecule has 1 atom stereocenters. The number of rotatable bonds is 8. The van der Waals surface area contributed by atoms with Crippen LogP contribution in [-0.4, -0.2) is 42.7 Å². The number of halogens is 3. The van der Waals surface area contributed by atoms with Crippen molar-refractivity contribution in [2.45, 2.75) is 51.8 Å². The molecule has 1 aromatic carbocycles. The van der Waals surface area contributed by atoms with Crippen molar-refractivity contribution in [1.29, 1.82) is 0 Å². The highest BCUT2D eigenvalue weighted by atomic mass is 35.5. The lowest BCUT2D eigenvalue weighted by Gasteiger charge is -2.33. The van der Waals surface area contributed by atoms with Crippen LogP contribution in [0, 0.1) is 12.8 Å². The van der Waals surface area contributed by atoms with E-state index in [1.165, 1.54) is 18.3 Å². The molecule has 1 aliphatic heterocycles. The first kappa shape index (κ1) is 29.7. The van der Waals surface area contributed by atoms with Crippen LogP contribution in [0.25, 0.3) is 22.2 Å². The van der Waals surface area contributed by atoms with Crippen LogP contribution in [0.15, 0.2) is 61.1 Å². The van der Waals surface area contributed by atoms with Crippen LogP contribution in [0.2, 0.25) is 5.02 Å². The summed E-state index contributed by atoms with van der Waals surface area (Å²) in [5, 5.41) is 5.52. The molecule has 10 nitrogen and oxygen atoms in total. The number of carbonyl (C=O) groups excluding carboxylic acids is 2. The van der Waals surface area contributed by atoms with Crippen LogP contribution in [0.1, 0.15) is 58.8 Å². The predicted molar refractivity (Wildman–Crippen MR) is 167 cm³/mol. The summed E-state index contributed by atoms with van der Waals surface area (Å²) in [4.78, 5) is 40.5. The summed E-state index contributed by atoms with van der Waals surface area (Å²) >= 11 is 5.93. The Bertz CT molecular complexity index is 2010. The van der Waals surface area contributed by atoms with Gasteiger partial charge in [-0.15, -0.1) is 0 Å². The Morgan fingerprint density at radius 3 is 2.61 bits per heavy atom. The Morgan fingerprint density at radius 1 is 1.13 bits per heavy atom. The van der Waals surface area contributed by atoms with Gasteiger partial charge in [-0.25, -0.2) is 9.67 Å². The molecule has 0 unspecified atom stereocenters. The van der Waals surface area contributed by atoms with Crippen LogP contribution in [0.5, 0.6) is 5.75 Å². The molecule has 0 radical (unpaired) electrons. The Hall–Kier alpha value is -4.97. The molecule has 13 heteroatoms. The molecule has 0 spiro atoms. The lowest BCUT2D eigenvalue weighted by molar-refractivity contribution is -0.193. The highest BCUT2D eigenvalue weighted by Crippen LogP contribution is 2.45. The van der Waals surface area contributed by atoms with Crippen molar-refractivity contribution in [2.75, 3.05) is 4.90 Å². The number of ether oxygens (including phenoxy) is 1. The van der Waals surface area contributed by atoms with Gasteiger partial charge in [-0.2, -0.15) is 13.9 Å². The summed E-state index contributed by atoms with van der Waals surface area (Å²) in [5.74, 6) is -2.11. The minimum absolute atomic E-state index is 0.121. The lowest BCUT2D eigenvalue weighted by atomic mass is 9.93. The van der Waals surface area contributed by atoms with Crippen molar-refractivity contribution in [2.24, 2.45) is 11.7 Å². The SMILES string of the molecule is Cc1ccc([C@H](C)n2ncc3c(-c4ccc5c(c4)OC(F)(F)C(=O)N5Cc4ccc(Cl)cn4)c(C(N)=O)c(CC4CC4)nc32)nc1. The number of nitrogens with two attached hydrogens (primary N) is 1. The monoisotopic (exact) mass is 643 g/mol. The van der Waals surface area contributed by atoms with E-state index >= 15 is 8.78 Å². The van der Waals surface area contributed by atoms with Crippen molar-refractivity contribution in [3.63, 3.8) is 0 Å². The van der Waals surface area contributed by atoms with E-state index in [1.807, 2.05) is 26.0 Å². The van der Waals surface area contributed by atoms with Crippen LogP contribution in [0.3, 0.4) is 0 Å². The second kappa shape index (κ2) is 11.1. The highest BCUT2D eigenvalue weighted by Gasteiger charge is 2.50. The maximum Gasteiger partial charge on any atom is 0.482 e. The smallest absolute Gasteiger partial charge is 0.423 e. The predicted octanol–water partition coefficient (Wildman–Crippen LogP) is 6.03. The molecule has 1 fully saturated rings. The number of hydrogen-bond donors (Lipinski definition) is 1. The van der Waals surface area contributed by atoms with Crippen LogP contribution in [-0.2, 0) is 17.8 Å². The molecule has 0 saturated heterocycles. The van der Waals surface area contributed by atoms with Crippen LogP contribution < -0.4 is 15.4 Å². The fourth-order valence-electron chi connectivity index (χ4n) is 5.79. The molecule has 2 amide bonds. The van der Waals surface area contributed by atoms with Crippen molar-refractivity contribution < 1.29 is 23.1 Å². The Balaban J connectivity index is 1.39. The molecule has 234 valence electrons. The number of anilines is 1. The van der Waals surface area contributed by atoms with E-state index in [9.17, 15) is 9.59 Å². The Labute approximate surface area is 267 Å². The average molecular weight is 644 g/mol. The third-order valence-electron chi connectivity index (χ3n) is 8.35. The van der Waals surface area contributed by atoms with E-state index in [2.05, 4.69) is 15.1 Å². The van der Waals surface area contributed by atoms with Gasteiger partial charge in [0.1, 0.15) is 0 Å². The molecule has 1 saturated carbocycles. The Kier molecular flexibility index (Phi) is 7.19. The summed E-state index contributed by atoms with van der Waals surface area (Å²) in [6.07, 6.45) is 3.14. The lowest BCUT2D eigenvalue weighted by Crippen LogP contribution is -2.50. The van der Waals surface area contributed by atoms with E-state index in [4.69, 9.17) is 27.1 Å². The fraction of sp³-hybridized carbons (Fsp3) is 0.273. The van der Waals surface area contributed by atoms with Gasteiger partial charge in [0.05, 0.1) is 52.1 Å². The second-order valence-corrected chi connectivity index (χ2v) is 12.2. The zero-order chi connectivity index (χ0) is 32.3. The third kappa shape index (κ3) is 5.32. The van der Waals surface area contributed by atoms with Crippen molar-refractivity contribution >= 4 is 40.1 Å². The van der Waals surface area contributed by atoms with Gasteiger partial charge in [0.25, 0.3) is 5.91 Å². The van der Waals surface area contributed by atoms with Crippen molar-refractivity contribution in [1.82, 2.24) is 24.7 Å². The number of pyridine rings is 3. The largest absolute Gasteiger partial charge is 0.482 e. The summed E-state index contributed by atoms with van der Waals surface area (Å²) in [7, 11) is 0. The molecule has 2 aliphatic rings. The fourth-order valence-corrected chi connectivity index (χ4v) is 5.90.